The van der Waals surface area contributed by atoms with Crippen LogP contribution in [0.2, 0.25) is 0 Å². The van der Waals surface area contributed by atoms with Crippen LogP contribution in [0.5, 0.6) is 0 Å². The van der Waals surface area contributed by atoms with Crippen LogP contribution in [0, 0.1) is 0 Å². The van der Waals surface area contributed by atoms with Crippen LogP contribution in [0.25, 0.3) is 22.0 Å². The molecule has 0 spiro atoms. The Kier molecular flexibility index (Phi) is 6.44. The van der Waals surface area contributed by atoms with Gasteiger partial charge in [0.15, 0.2) is 0 Å². The number of nitrogens with one attached hydrogen (secondary N) is 1. The van der Waals surface area contributed by atoms with Gasteiger partial charge in [0, 0.05) is 34.8 Å². The van der Waals surface area contributed by atoms with Crippen molar-refractivity contribution in [3.8, 4) is 11.1 Å². The molecule has 0 atom stereocenters. The summed E-state index contributed by atoms with van der Waals surface area (Å²) in [5.41, 5.74) is 12.7. The second-order valence-electron chi connectivity index (χ2n) is 9.96. The van der Waals surface area contributed by atoms with Crippen molar-refractivity contribution in [3.63, 3.8) is 0 Å². The van der Waals surface area contributed by atoms with E-state index in [1.165, 1.54) is 24.8 Å². The summed E-state index contributed by atoms with van der Waals surface area (Å²) in [7, 11) is 0. The number of carbonyl (C=O) groups excluding carboxylic acids is 2. The lowest BCUT2D eigenvalue weighted by Gasteiger charge is -2.25. The molecule has 2 aromatic carbocycles. The van der Waals surface area contributed by atoms with Crippen LogP contribution < -0.4 is 11.1 Å². The lowest BCUT2D eigenvalue weighted by molar-refractivity contribution is 0.0889. The first-order chi connectivity index (χ1) is 16.6. The van der Waals surface area contributed by atoms with E-state index in [9.17, 15) is 9.59 Å². The van der Waals surface area contributed by atoms with E-state index in [-0.39, 0.29) is 5.91 Å². The summed E-state index contributed by atoms with van der Waals surface area (Å²) in [6, 6.07) is 12.9. The molecule has 1 amide bonds. The molecule has 1 aliphatic heterocycles. The molecule has 3 N–H and O–H groups in total. The molecule has 1 aromatic heterocycles. The largest absolute Gasteiger partial charge is 0.382 e. The Hall–Kier alpha value is -3.08. The van der Waals surface area contributed by atoms with Gasteiger partial charge in [0.1, 0.15) is 0 Å². The van der Waals surface area contributed by atoms with E-state index < -0.39 is 5.91 Å². The van der Waals surface area contributed by atoms with Gasteiger partial charge in [-0.15, -0.1) is 0 Å². The lowest BCUT2D eigenvalue weighted by Crippen LogP contribution is -2.24. The van der Waals surface area contributed by atoms with Crippen LogP contribution in [0.1, 0.15) is 91.1 Å². The van der Waals surface area contributed by atoms with Crippen molar-refractivity contribution >= 4 is 28.4 Å². The van der Waals surface area contributed by atoms with E-state index in [0.29, 0.717) is 18.0 Å². The van der Waals surface area contributed by atoms with E-state index in [1.54, 1.807) is 0 Å². The molecule has 34 heavy (non-hydrogen) atoms. The fraction of sp³-hybridized carbons (Fsp3) is 0.448. The predicted molar refractivity (Wildman–Crippen MR) is 139 cm³/mol. The molecule has 178 valence electrons. The molecule has 0 saturated heterocycles. The third kappa shape index (κ3) is 4.24. The fourth-order valence-electron chi connectivity index (χ4n) is 5.79. The van der Waals surface area contributed by atoms with Crippen molar-refractivity contribution in [2.45, 2.75) is 83.6 Å². The summed E-state index contributed by atoms with van der Waals surface area (Å²) < 4.78 is 1.94. The average Bonchev–Trinajstić information content (AvgIpc) is 3.18. The van der Waals surface area contributed by atoms with Gasteiger partial charge in [-0.2, -0.15) is 0 Å². The number of primary amides is 1. The number of nitrogens with two attached hydrogens (primary N) is 1. The molecule has 5 rings (SSSR count). The van der Waals surface area contributed by atoms with Gasteiger partial charge in [-0.05, 0) is 73.9 Å². The maximum Gasteiger partial charge on any atom is 0.250 e. The highest BCUT2D eigenvalue weighted by atomic mass is 16.2. The van der Waals surface area contributed by atoms with Crippen LogP contribution in [0.4, 0.5) is 5.69 Å². The average molecular weight is 458 g/mol. The molecule has 0 bridgehead atoms. The Morgan fingerprint density at radius 3 is 2.65 bits per heavy atom. The number of hydrogen-bond acceptors (Lipinski definition) is 3. The second-order valence-corrected chi connectivity index (χ2v) is 9.96. The first-order valence-corrected chi connectivity index (χ1v) is 13.0. The normalized spacial score (nSPS) is 16.6. The summed E-state index contributed by atoms with van der Waals surface area (Å²) in [6.07, 6.45) is 11.6. The summed E-state index contributed by atoms with van der Waals surface area (Å²) in [4.78, 5) is 25.2. The van der Waals surface area contributed by atoms with Crippen molar-refractivity contribution in [1.29, 1.82) is 0 Å². The smallest absolute Gasteiger partial charge is 0.250 e. The van der Waals surface area contributed by atoms with Gasteiger partial charge in [0.25, 0.3) is 5.91 Å². The zero-order chi connectivity index (χ0) is 23.7. The molecule has 1 fully saturated rings. The van der Waals surface area contributed by atoms with Crippen LogP contribution in [-0.2, 0) is 12.8 Å². The second kappa shape index (κ2) is 9.65. The van der Waals surface area contributed by atoms with Crippen LogP contribution in [-0.4, -0.2) is 22.4 Å². The zero-order valence-corrected chi connectivity index (χ0v) is 20.2. The number of amides is 1. The molecule has 2 aliphatic rings. The van der Waals surface area contributed by atoms with Gasteiger partial charge in [-0.3, -0.25) is 14.2 Å². The van der Waals surface area contributed by atoms with Crippen molar-refractivity contribution in [2.24, 2.45) is 5.73 Å². The Morgan fingerprint density at radius 1 is 1.06 bits per heavy atom. The van der Waals surface area contributed by atoms with Gasteiger partial charge in [-0.25, -0.2) is 0 Å². The monoisotopic (exact) mass is 457 g/mol. The van der Waals surface area contributed by atoms with Crippen LogP contribution in [0.3, 0.4) is 0 Å². The van der Waals surface area contributed by atoms with Crippen molar-refractivity contribution in [2.75, 3.05) is 5.32 Å². The van der Waals surface area contributed by atoms with Crippen molar-refractivity contribution in [1.82, 2.24) is 4.57 Å². The summed E-state index contributed by atoms with van der Waals surface area (Å²) >= 11 is 0. The minimum atomic E-state index is -0.411. The Morgan fingerprint density at radius 2 is 1.88 bits per heavy atom. The van der Waals surface area contributed by atoms with Gasteiger partial charge in [0.2, 0.25) is 5.91 Å². The molecule has 5 nitrogen and oxygen atoms in total. The standard InChI is InChI=1S/C29H35N3O2/c1-2-3-8-19-13-16-25-23(17-19)28(26-11-7-12-27(33)32(25)26)20-14-15-22(29(30)34)24(18-20)31-21-9-5-4-6-10-21/h13-18,21,31H,2-12H2,1H3,(H2,30,34). The van der Waals surface area contributed by atoms with Crippen molar-refractivity contribution < 1.29 is 9.59 Å². The number of rotatable bonds is 7. The zero-order valence-electron chi connectivity index (χ0n) is 20.2. The minimum Gasteiger partial charge on any atom is -0.382 e. The topological polar surface area (TPSA) is 77.1 Å². The maximum absolute atomic E-state index is 13.0. The van der Waals surface area contributed by atoms with E-state index in [2.05, 4.69) is 36.5 Å². The highest BCUT2D eigenvalue weighted by Crippen LogP contribution is 2.40. The molecular formula is C29H35N3O2. The maximum atomic E-state index is 13.0. The SMILES string of the molecule is CCCCc1ccc2c(c1)c(-c1ccc(C(N)=O)c(NC3CCCCC3)c1)c1n2C(=O)CCC1. The van der Waals surface area contributed by atoms with E-state index >= 15 is 0 Å². The predicted octanol–water partition coefficient (Wildman–Crippen LogP) is 6.47. The number of aromatic nitrogens is 1. The number of benzene rings is 2. The number of hydrogen-bond donors (Lipinski definition) is 2. The number of nitrogens with zero attached hydrogens (tertiary/aromatic N) is 1. The number of aryl methyl sites for hydroxylation is 1. The molecule has 1 aliphatic carbocycles. The molecule has 0 radical (unpaired) electrons. The highest BCUT2D eigenvalue weighted by Gasteiger charge is 2.26. The number of carbonyl (C=O) groups is 2. The molecular weight excluding hydrogens is 422 g/mol. The van der Waals surface area contributed by atoms with Crippen LogP contribution in [0.15, 0.2) is 36.4 Å². The number of anilines is 1. The first kappa shape index (κ1) is 22.7. The summed E-state index contributed by atoms with van der Waals surface area (Å²) in [5, 5.41) is 4.77. The number of unbranched alkanes of at least 4 members (excludes halogenated alkanes) is 1. The highest BCUT2D eigenvalue weighted by molar-refractivity contribution is 6.06. The fourth-order valence-corrected chi connectivity index (χ4v) is 5.79. The van der Waals surface area contributed by atoms with E-state index in [4.69, 9.17) is 5.73 Å². The van der Waals surface area contributed by atoms with Crippen LogP contribution >= 0.6 is 0 Å². The van der Waals surface area contributed by atoms with Gasteiger partial charge < -0.3 is 11.1 Å². The molecule has 1 saturated carbocycles. The van der Waals surface area contributed by atoms with Gasteiger partial charge in [0.05, 0.1) is 11.1 Å². The Bertz CT molecular complexity index is 1230. The molecule has 5 heteroatoms. The van der Waals surface area contributed by atoms with Gasteiger partial charge in [-0.1, -0.05) is 44.7 Å². The third-order valence-electron chi connectivity index (χ3n) is 7.54. The van der Waals surface area contributed by atoms with Crippen molar-refractivity contribution in [3.05, 3.63) is 53.2 Å². The lowest BCUT2D eigenvalue weighted by atomic mass is 9.93. The Labute approximate surface area is 201 Å². The summed E-state index contributed by atoms with van der Waals surface area (Å²) in [6.45, 7) is 2.21. The quantitative estimate of drug-likeness (QED) is 0.427. The Balaban J connectivity index is 1.66. The van der Waals surface area contributed by atoms with E-state index in [1.807, 2.05) is 16.7 Å². The summed E-state index contributed by atoms with van der Waals surface area (Å²) in [5.74, 6) is -0.237. The third-order valence-corrected chi connectivity index (χ3v) is 7.54. The number of fused-ring (bicyclic) bond motifs is 3. The molecule has 0 unspecified atom stereocenters. The minimum absolute atomic E-state index is 0.174. The first-order valence-electron chi connectivity index (χ1n) is 13.0. The molecule has 3 aromatic rings. The van der Waals surface area contributed by atoms with Gasteiger partial charge >= 0.3 is 0 Å². The van der Waals surface area contributed by atoms with E-state index in [0.717, 1.165) is 78.4 Å². The molecule has 2 heterocycles.